The first-order chi connectivity index (χ1) is 6.21. The van der Waals surface area contributed by atoms with Crippen LogP contribution in [0.1, 0.15) is 47.0 Å². The summed E-state index contributed by atoms with van der Waals surface area (Å²) in [5.74, 6) is -0.135. The minimum atomic E-state index is -0.135. The maximum Gasteiger partial charge on any atom is 0.333 e. The molecule has 0 aliphatic heterocycles. The van der Waals surface area contributed by atoms with Gasteiger partial charge in [-0.25, -0.2) is 4.79 Å². The molecule has 0 aliphatic rings. The molecule has 76 valence electrons. The third-order valence-corrected chi connectivity index (χ3v) is 2.16. The summed E-state index contributed by atoms with van der Waals surface area (Å²) in [7, 11) is 0. The molecule has 0 bridgehead atoms. The molecule has 0 unspecified atom stereocenters. The lowest BCUT2D eigenvalue weighted by atomic mass is 10.0. The second-order valence-electron chi connectivity index (χ2n) is 2.86. The van der Waals surface area contributed by atoms with Gasteiger partial charge in [-0.2, -0.15) is 0 Å². The topological polar surface area (TPSA) is 26.3 Å². The quantitative estimate of drug-likeness (QED) is 0.485. The van der Waals surface area contributed by atoms with Crippen molar-refractivity contribution in [2.45, 2.75) is 47.0 Å². The van der Waals surface area contributed by atoms with Crippen LogP contribution in [0, 0.1) is 0 Å². The summed E-state index contributed by atoms with van der Waals surface area (Å²) in [6, 6.07) is 0. The van der Waals surface area contributed by atoms with Crippen LogP contribution in [0.4, 0.5) is 0 Å². The van der Waals surface area contributed by atoms with E-state index in [4.69, 9.17) is 4.74 Å². The zero-order chi connectivity index (χ0) is 10.3. The molecule has 2 heteroatoms. The third kappa shape index (κ3) is 3.62. The van der Waals surface area contributed by atoms with Crippen LogP contribution in [0.15, 0.2) is 11.1 Å². The molecule has 0 heterocycles. The molecule has 13 heavy (non-hydrogen) atoms. The van der Waals surface area contributed by atoms with Crippen LogP contribution in [0.5, 0.6) is 0 Å². The SMILES string of the molecule is CCOC(=O)C(CC)=C(CC)CC. The second kappa shape index (κ2) is 6.70. The molecule has 0 atom stereocenters. The van der Waals surface area contributed by atoms with Crippen molar-refractivity contribution in [2.75, 3.05) is 6.61 Å². The standard InChI is InChI=1S/C11H20O2/c1-5-9(6-2)10(7-3)11(12)13-8-4/h5-8H2,1-4H3. The van der Waals surface area contributed by atoms with Gasteiger partial charge in [-0.1, -0.05) is 26.3 Å². The van der Waals surface area contributed by atoms with Gasteiger partial charge >= 0.3 is 5.97 Å². The van der Waals surface area contributed by atoms with Gasteiger partial charge in [0, 0.05) is 5.57 Å². The number of allylic oxidation sites excluding steroid dienone is 1. The maximum absolute atomic E-state index is 11.5. The van der Waals surface area contributed by atoms with Gasteiger partial charge < -0.3 is 4.74 Å². The molecule has 0 N–H and O–H groups in total. The van der Waals surface area contributed by atoms with Crippen LogP contribution in [-0.2, 0) is 9.53 Å². The Hall–Kier alpha value is -0.790. The fourth-order valence-corrected chi connectivity index (χ4v) is 1.43. The molecule has 0 aliphatic carbocycles. The number of hydrogen-bond acceptors (Lipinski definition) is 2. The molecule has 0 saturated heterocycles. The fourth-order valence-electron chi connectivity index (χ4n) is 1.43. The Bertz CT molecular complexity index is 186. The smallest absolute Gasteiger partial charge is 0.333 e. The predicted molar refractivity (Wildman–Crippen MR) is 54.5 cm³/mol. The zero-order valence-corrected chi connectivity index (χ0v) is 9.14. The van der Waals surface area contributed by atoms with E-state index >= 15 is 0 Å². The average molecular weight is 184 g/mol. The predicted octanol–water partition coefficient (Wildman–Crippen LogP) is 3.08. The summed E-state index contributed by atoms with van der Waals surface area (Å²) in [4.78, 5) is 11.5. The maximum atomic E-state index is 11.5. The van der Waals surface area contributed by atoms with E-state index in [0.29, 0.717) is 6.61 Å². The third-order valence-electron chi connectivity index (χ3n) is 2.16. The molecule has 0 saturated carbocycles. The summed E-state index contributed by atoms with van der Waals surface area (Å²) in [6.07, 6.45) is 2.66. The van der Waals surface area contributed by atoms with Crippen LogP contribution in [-0.4, -0.2) is 12.6 Å². The zero-order valence-electron chi connectivity index (χ0n) is 9.14. The van der Waals surface area contributed by atoms with Crippen molar-refractivity contribution >= 4 is 5.97 Å². The monoisotopic (exact) mass is 184 g/mol. The molecule has 0 radical (unpaired) electrons. The van der Waals surface area contributed by atoms with Gasteiger partial charge in [0.05, 0.1) is 6.61 Å². The van der Waals surface area contributed by atoms with Crippen molar-refractivity contribution in [3.63, 3.8) is 0 Å². The Morgan fingerprint density at radius 2 is 1.54 bits per heavy atom. The second-order valence-corrected chi connectivity index (χ2v) is 2.86. The Labute approximate surface area is 81.0 Å². The normalized spacial score (nSPS) is 9.54. The lowest BCUT2D eigenvalue weighted by molar-refractivity contribution is -0.138. The van der Waals surface area contributed by atoms with Crippen molar-refractivity contribution in [1.29, 1.82) is 0 Å². The van der Waals surface area contributed by atoms with Crippen molar-refractivity contribution in [3.05, 3.63) is 11.1 Å². The molecule has 0 aromatic rings. The molecule has 2 nitrogen and oxygen atoms in total. The van der Waals surface area contributed by atoms with Crippen molar-refractivity contribution in [2.24, 2.45) is 0 Å². The highest BCUT2D eigenvalue weighted by atomic mass is 16.5. The molecular weight excluding hydrogens is 164 g/mol. The van der Waals surface area contributed by atoms with E-state index < -0.39 is 0 Å². The molecular formula is C11H20O2. The Morgan fingerprint density at radius 3 is 1.85 bits per heavy atom. The van der Waals surface area contributed by atoms with Gasteiger partial charge in [0.15, 0.2) is 0 Å². The van der Waals surface area contributed by atoms with Crippen LogP contribution in [0.2, 0.25) is 0 Å². The minimum Gasteiger partial charge on any atom is -0.463 e. The van der Waals surface area contributed by atoms with Crippen molar-refractivity contribution in [1.82, 2.24) is 0 Å². The van der Waals surface area contributed by atoms with Gasteiger partial charge in [0.2, 0.25) is 0 Å². The van der Waals surface area contributed by atoms with Gasteiger partial charge in [-0.3, -0.25) is 0 Å². The van der Waals surface area contributed by atoms with E-state index in [1.54, 1.807) is 0 Å². The number of ether oxygens (including phenoxy) is 1. The molecule has 0 aromatic carbocycles. The number of esters is 1. The largest absolute Gasteiger partial charge is 0.463 e. The highest BCUT2D eigenvalue weighted by Crippen LogP contribution is 2.16. The Kier molecular flexibility index (Phi) is 6.29. The summed E-state index contributed by atoms with van der Waals surface area (Å²) in [5, 5.41) is 0. The first kappa shape index (κ1) is 12.2. The van der Waals surface area contributed by atoms with Crippen molar-refractivity contribution in [3.8, 4) is 0 Å². The van der Waals surface area contributed by atoms with E-state index in [1.165, 1.54) is 5.57 Å². The van der Waals surface area contributed by atoms with E-state index in [2.05, 4.69) is 13.8 Å². The molecule has 0 amide bonds. The summed E-state index contributed by atoms with van der Waals surface area (Å²) in [5.41, 5.74) is 2.09. The lowest BCUT2D eigenvalue weighted by Crippen LogP contribution is -2.09. The average Bonchev–Trinajstić information content (AvgIpc) is 2.14. The van der Waals surface area contributed by atoms with E-state index in [9.17, 15) is 4.79 Å². The highest BCUT2D eigenvalue weighted by Gasteiger charge is 2.11. The Balaban J connectivity index is 4.63. The summed E-state index contributed by atoms with van der Waals surface area (Å²) < 4.78 is 4.98. The highest BCUT2D eigenvalue weighted by molar-refractivity contribution is 5.89. The van der Waals surface area contributed by atoms with Crippen LogP contribution in [0.3, 0.4) is 0 Å². The molecule has 0 aromatic heterocycles. The van der Waals surface area contributed by atoms with Crippen LogP contribution < -0.4 is 0 Å². The van der Waals surface area contributed by atoms with E-state index in [1.807, 2.05) is 13.8 Å². The lowest BCUT2D eigenvalue weighted by Gasteiger charge is -2.09. The first-order valence-corrected chi connectivity index (χ1v) is 5.09. The minimum absolute atomic E-state index is 0.135. The fraction of sp³-hybridized carbons (Fsp3) is 0.727. The van der Waals surface area contributed by atoms with Gasteiger partial charge in [-0.15, -0.1) is 0 Å². The number of rotatable bonds is 5. The van der Waals surface area contributed by atoms with E-state index in [-0.39, 0.29) is 5.97 Å². The first-order valence-electron chi connectivity index (χ1n) is 5.09. The molecule has 0 spiro atoms. The molecule has 0 fully saturated rings. The van der Waals surface area contributed by atoms with Gasteiger partial charge in [0.1, 0.15) is 0 Å². The van der Waals surface area contributed by atoms with E-state index in [0.717, 1.165) is 24.8 Å². The number of carbonyl (C=O) groups excluding carboxylic acids is 1. The number of hydrogen-bond donors (Lipinski definition) is 0. The van der Waals surface area contributed by atoms with Crippen LogP contribution >= 0.6 is 0 Å². The molecule has 0 rings (SSSR count). The summed E-state index contributed by atoms with van der Waals surface area (Å²) in [6.45, 7) is 8.45. The van der Waals surface area contributed by atoms with Crippen LogP contribution in [0.25, 0.3) is 0 Å². The summed E-state index contributed by atoms with van der Waals surface area (Å²) >= 11 is 0. The van der Waals surface area contributed by atoms with Gasteiger partial charge in [0.25, 0.3) is 0 Å². The Morgan fingerprint density at radius 1 is 1.00 bits per heavy atom. The number of carbonyl (C=O) groups is 1. The van der Waals surface area contributed by atoms with Gasteiger partial charge in [-0.05, 0) is 26.2 Å². The van der Waals surface area contributed by atoms with Crippen molar-refractivity contribution < 1.29 is 9.53 Å².